The minimum absolute atomic E-state index is 0.0906. The van der Waals surface area contributed by atoms with Gasteiger partial charge >= 0.3 is 0 Å². The molecule has 2 N–H and O–H groups in total. The van der Waals surface area contributed by atoms with Crippen LogP contribution in [0.15, 0.2) is 10.6 Å². The molecule has 1 amide bonds. The number of aromatic nitrogens is 1. The Morgan fingerprint density at radius 1 is 1.61 bits per heavy atom. The van der Waals surface area contributed by atoms with Gasteiger partial charge in [-0.25, -0.2) is 0 Å². The van der Waals surface area contributed by atoms with Crippen LogP contribution in [0.5, 0.6) is 0 Å². The number of hydrogen-bond donors (Lipinski definition) is 2. The van der Waals surface area contributed by atoms with Crippen molar-refractivity contribution in [1.82, 2.24) is 10.5 Å². The van der Waals surface area contributed by atoms with E-state index in [1.807, 2.05) is 13.8 Å². The Hall–Kier alpha value is -1.40. The predicted molar refractivity (Wildman–Crippen MR) is 65.0 cm³/mol. The first kappa shape index (κ1) is 14.7. The van der Waals surface area contributed by atoms with Gasteiger partial charge in [-0.05, 0) is 12.3 Å². The number of methoxy groups -OCH3 is 1. The zero-order valence-corrected chi connectivity index (χ0v) is 11.0. The fourth-order valence-corrected chi connectivity index (χ4v) is 1.64. The van der Waals surface area contributed by atoms with Crippen molar-refractivity contribution in [2.45, 2.75) is 32.9 Å². The Labute approximate surface area is 106 Å². The zero-order chi connectivity index (χ0) is 13.5. The van der Waals surface area contributed by atoms with E-state index in [1.165, 1.54) is 13.2 Å². The maximum absolute atomic E-state index is 11.8. The van der Waals surface area contributed by atoms with E-state index in [0.717, 1.165) is 0 Å². The van der Waals surface area contributed by atoms with Crippen LogP contribution in [-0.4, -0.2) is 35.9 Å². The molecule has 0 spiro atoms. The van der Waals surface area contributed by atoms with Crippen LogP contribution in [-0.2, 0) is 11.3 Å². The molecule has 1 atom stereocenters. The topological polar surface area (TPSA) is 84.6 Å². The van der Waals surface area contributed by atoms with Crippen molar-refractivity contribution in [3.05, 3.63) is 17.5 Å². The number of ether oxygens (including phenoxy) is 1. The predicted octanol–water partition coefficient (Wildman–Crippen LogP) is 0.958. The van der Waals surface area contributed by atoms with Crippen LogP contribution in [0.4, 0.5) is 0 Å². The number of nitrogens with one attached hydrogen (secondary N) is 1. The van der Waals surface area contributed by atoms with E-state index >= 15 is 0 Å². The molecule has 1 unspecified atom stereocenters. The molecule has 0 aromatic carbocycles. The molecule has 6 nitrogen and oxygen atoms in total. The third kappa shape index (κ3) is 4.46. The molecule has 0 fully saturated rings. The summed E-state index contributed by atoms with van der Waals surface area (Å²) in [5.74, 6) is 0.539. The number of carbonyl (C=O) groups is 1. The van der Waals surface area contributed by atoms with Crippen molar-refractivity contribution in [3.63, 3.8) is 0 Å². The molecule has 1 heterocycles. The van der Waals surface area contributed by atoms with E-state index in [4.69, 9.17) is 9.26 Å². The second-order valence-electron chi connectivity index (χ2n) is 4.59. The van der Waals surface area contributed by atoms with Crippen LogP contribution >= 0.6 is 0 Å². The minimum atomic E-state index is -0.346. The summed E-state index contributed by atoms with van der Waals surface area (Å²) >= 11 is 0. The molecule has 102 valence electrons. The molecular weight excluding hydrogens is 236 g/mol. The van der Waals surface area contributed by atoms with Crippen LogP contribution in [0, 0.1) is 5.92 Å². The largest absolute Gasteiger partial charge is 0.394 e. The molecule has 1 aromatic rings. The lowest BCUT2D eigenvalue weighted by Gasteiger charge is -2.17. The van der Waals surface area contributed by atoms with Gasteiger partial charge in [-0.1, -0.05) is 19.0 Å². The molecular formula is C12H20N2O4. The van der Waals surface area contributed by atoms with Crippen molar-refractivity contribution >= 4 is 5.91 Å². The highest BCUT2D eigenvalue weighted by Crippen LogP contribution is 2.07. The number of aliphatic hydroxyl groups is 1. The third-order valence-corrected chi connectivity index (χ3v) is 2.39. The molecule has 0 saturated heterocycles. The lowest BCUT2D eigenvalue weighted by atomic mass is 10.0. The standard InChI is InChI=1S/C12H20N2O4/c1-8(2)4-9(6-15)13-12(16)11-5-10(7-17-3)18-14-11/h5,8-9,15H,4,6-7H2,1-3H3,(H,13,16). The van der Waals surface area contributed by atoms with Gasteiger partial charge in [0.1, 0.15) is 6.61 Å². The van der Waals surface area contributed by atoms with Crippen molar-refractivity contribution in [1.29, 1.82) is 0 Å². The van der Waals surface area contributed by atoms with Crippen LogP contribution < -0.4 is 5.32 Å². The van der Waals surface area contributed by atoms with E-state index in [9.17, 15) is 9.90 Å². The van der Waals surface area contributed by atoms with Crippen molar-refractivity contribution in [3.8, 4) is 0 Å². The molecule has 1 rings (SSSR count). The minimum Gasteiger partial charge on any atom is -0.394 e. The summed E-state index contributed by atoms with van der Waals surface area (Å²) in [6.07, 6.45) is 0.713. The van der Waals surface area contributed by atoms with Gasteiger partial charge in [-0.3, -0.25) is 4.79 Å². The van der Waals surface area contributed by atoms with Gasteiger partial charge in [-0.2, -0.15) is 0 Å². The van der Waals surface area contributed by atoms with Gasteiger partial charge in [-0.15, -0.1) is 0 Å². The highest BCUT2D eigenvalue weighted by Gasteiger charge is 2.17. The highest BCUT2D eigenvalue weighted by molar-refractivity contribution is 5.92. The summed E-state index contributed by atoms with van der Waals surface area (Å²) in [7, 11) is 1.53. The number of carbonyl (C=O) groups excluding carboxylic acids is 1. The number of aliphatic hydroxyl groups excluding tert-OH is 1. The first-order chi connectivity index (χ1) is 8.56. The number of hydrogen-bond acceptors (Lipinski definition) is 5. The Morgan fingerprint density at radius 3 is 2.89 bits per heavy atom. The van der Waals surface area contributed by atoms with E-state index < -0.39 is 0 Å². The Bertz CT molecular complexity index is 376. The number of amides is 1. The summed E-state index contributed by atoms with van der Waals surface area (Å²) in [5.41, 5.74) is 0.198. The Morgan fingerprint density at radius 2 is 2.33 bits per heavy atom. The molecule has 18 heavy (non-hydrogen) atoms. The first-order valence-electron chi connectivity index (χ1n) is 5.93. The van der Waals surface area contributed by atoms with Gasteiger partial charge in [0.2, 0.25) is 0 Å². The van der Waals surface area contributed by atoms with E-state index in [0.29, 0.717) is 18.1 Å². The van der Waals surface area contributed by atoms with E-state index in [2.05, 4.69) is 10.5 Å². The lowest BCUT2D eigenvalue weighted by Crippen LogP contribution is -2.38. The summed E-state index contributed by atoms with van der Waals surface area (Å²) in [6.45, 7) is 4.24. The molecule has 0 aliphatic heterocycles. The van der Waals surface area contributed by atoms with Crippen molar-refractivity contribution in [2.24, 2.45) is 5.92 Å². The van der Waals surface area contributed by atoms with Gasteiger partial charge in [0.15, 0.2) is 11.5 Å². The van der Waals surface area contributed by atoms with Gasteiger partial charge in [0.05, 0.1) is 12.6 Å². The number of rotatable bonds is 7. The van der Waals surface area contributed by atoms with Crippen LogP contribution in [0.3, 0.4) is 0 Å². The van der Waals surface area contributed by atoms with E-state index in [-0.39, 0.29) is 30.9 Å². The molecule has 0 bridgehead atoms. The average molecular weight is 256 g/mol. The van der Waals surface area contributed by atoms with Crippen LogP contribution in [0.25, 0.3) is 0 Å². The molecule has 1 aromatic heterocycles. The fourth-order valence-electron chi connectivity index (χ4n) is 1.64. The summed E-state index contributed by atoms with van der Waals surface area (Å²) < 4.78 is 9.79. The second-order valence-corrected chi connectivity index (χ2v) is 4.59. The normalized spacial score (nSPS) is 12.7. The fraction of sp³-hybridized carbons (Fsp3) is 0.667. The maximum atomic E-state index is 11.8. The van der Waals surface area contributed by atoms with Gasteiger partial charge in [0, 0.05) is 13.2 Å². The first-order valence-corrected chi connectivity index (χ1v) is 5.93. The van der Waals surface area contributed by atoms with Crippen molar-refractivity contribution < 1.29 is 19.2 Å². The third-order valence-electron chi connectivity index (χ3n) is 2.39. The van der Waals surface area contributed by atoms with E-state index in [1.54, 1.807) is 0 Å². The molecule has 0 radical (unpaired) electrons. The van der Waals surface area contributed by atoms with Gasteiger partial charge < -0.3 is 19.7 Å². The lowest BCUT2D eigenvalue weighted by molar-refractivity contribution is 0.0898. The summed E-state index contributed by atoms with van der Waals surface area (Å²) in [4.78, 5) is 11.8. The average Bonchev–Trinajstić information content (AvgIpc) is 2.76. The zero-order valence-electron chi connectivity index (χ0n) is 11.0. The molecule has 0 saturated carbocycles. The van der Waals surface area contributed by atoms with Gasteiger partial charge in [0.25, 0.3) is 5.91 Å². The molecule has 0 aliphatic carbocycles. The van der Waals surface area contributed by atoms with Crippen LogP contribution in [0.1, 0.15) is 36.5 Å². The monoisotopic (exact) mass is 256 g/mol. The Balaban J connectivity index is 2.57. The smallest absolute Gasteiger partial charge is 0.273 e. The molecule has 6 heteroatoms. The summed E-state index contributed by atoms with van der Waals surface area (Å²) in [6, 6.07) is 1.27. The van der Waals surface area contributed by atoms with Crippen LogP contribution in [0.2, 0.25) is 0 Å². The Kier molecular flexibility index (Phi) is 5.80. The summed E-state index contributed by atoms with van der Waals surface area (Å²) in [5, 5.41) is 15.6. The SMILES string of the molecule is COCc1cc(C(=O)NC(CO)CC(C)C)no1. The molecule has 0 aliphatic rings. The number of nitrogens with zero attached hydrogens (tertiary/aromatic N) is 1. The second kappa shape index (κ2) is 7.13. The highest BCUT2D eigenvalue weighted by atomic mass is 16.5. The van der Waals surface area contributed by atoms with Crippen molar-refractivity contribution in [2.75, 3.05) is 13.7 Å². The quantitative estimate of drug-likeness (QED) is 0.759. The maximum Gasteiger partial charge on any atom is 0.273 e.